The van der Waals surface area contributed by atoms with Crippen molar-refractivity contribution in [2.45, 2.75) is 6.42 Å². The van der Waals surface area contributed by atoms with Crippen LogP contribution in [0.15, 0.2) is 0 Å². The molecular weight excluding hydrogens is 124 g/mol. The molecule has 9 heavy (non-hydrogen) atoms. The Labute approximate surface area is 52.7 Å². The van der Waals surface area contributed by atoms with Gasteiger partial charge in [0.1, 0.15) is 0 Å². The number of aliphatic carboxylic acids is 1. The highest BCUT2D eigenvalue weighted by molar-refractivity contribution is 5.67. The molecule has 0 saturated heterocycles. The molecule has 0 bridgehead atoms. The Balaban J connectivity index is 3.43. The monoisotopic (exact) mass is 134 g/mol. The van der Waals surface area contributed by atoms with Gasteiger partial charge in [-0.3, -0.25) is 4.79 Å². The Morgan fingerprint density at radius 3 is 1.89 bits per heavy atom. The molecule has 0 unspecified atom stereocenters. The molecule has 4 heteroatoms. The topological polar surface area (TPSA) is 77.8 Å². The van der Waals surface area contributed by atoms with Gasteiger partial charge in [-0.15, -0.1) is 0 Å². The van der Waals surface area contributed by atoms with E-state index in [4.69, 9.17) is 15.3 Å². The van der Waals surface area contributed by atoms with Crippen LogP contribution in [-0.2, 0) is 4.79 Å². The number of carboxylic acid groups (broad SMARTS) is 1. The van der Waals surface area contributed by atoms with Crippen molar-refractivity contribution >= 4 is 5.97 Å². The van der Waals surface area contributed by atoms with E-state index in [0.717, 1.165) is 0 Å². The first-order valence-electron chi connectivity index (χ1n) is 2.64. The fourth-order valence-electron chi connectivity index (χ4n) is 0.434. The SMILES string of the molecule is O=C(O)CC(CO)CO. The third kappa shape index (κ3) is 3.93. The van der Waals surface area contributed by atoms with Crippen LogP contribution < -0.4 is 0 Å². The largest absolute Gasteiger partial charge is 0.481 e. The van der Waals surface area contributed by atoms with Crippen LogP contribution in [0, 0.1) is 5.92 Å². The van der Waals surface area contributed by atoms with E-state index in [0.29, 0.717) is 0 Å². The molecule has 0 radical (unpaired) electrons. The lowest BCUT2D eigenvalue weighted by Gasteiger charge is -2.04. The molecule has 0 atom stereocenters. The lowest BCUT2D eigenvalue weighted by Crippen LogP contribution is -2.15. The first-order valence-corrected chi connectivity index (χ1v) is 2.64. The van der Waals surface area contributed by atoms with Gasteiger partial charge >= 0.3 is 5.97 Å². The first-order chi connectivity index (χ1) is 4.20. The van der Waals surface area contributed by atoms with Crippen molar-refractivity contribution < 1.29 is 20.1 Å². The smallest absolute Gasteiger partial charge is 0.303 e. The highest BCUT2D eigenvalue weighted by atomic mass is 16.4. The molecule has 0 heterocycles. The Hall–Kier alpha value is -0.610. The van der Waals surface area contributed by atoms with Gasteiger partial charge in [-0.25, -0.2) is 0 Å². The van der Waals surface area contributed by atoms with E-state index >= 15 is 0 Å². The van der Waals surface area contributed by atoms with Crippen molar-refractivity contribution in [1.82, 2.24) is 0 Å². The molecular formula is C5H10O4. The maximum absolute atomic E-state index is 9.91. The zero-order valence-corrected chi connectivity index (χ0v) is 4.95. The number of aliphatic hydroxyl groups excluding tert-OH is 2. The summed E-state index contributed by atoms with van der Waals surface area (Å²) in [4.78, 5) is 9.91. The minimum Gasteiger partial charge on any atom is -0.481 e. The van der Waals surface area contributed by atoms with Gasteiger partial charge in [0.05, 0.1) is 6.42 Å². The van der Waals surface area contributed by atoms with E-state index in [9.17, 15) is 4.79 Å². The summed E-state index contributed by atoms with van der Waals surface area (Å²) in [7, 11) is 0. The highest BCUT2D eigenvalue weighted by Gasteiger charge is 2.09. The first kappa shape index (κ1) is 8.39. The van der Waals surface area contributed by atoms with Crippen LogP contribution in [0.3, 0.4) is 0 Å². The molecule has 0 fully saturated rings. The minimum absolute atomic E-state index is 0.174. The van der Waals surface area contributed by atoms with Crippen LogP contribution in [0.2, 0.25) is 0 Å². The lowest BCUT2D eigenvalue weighted by atomic mass is 10.1. The van der Waals surface area contributed by atoms with Crippen molar-refractivity contribution in [1.29, 1.82) is 0 Å². The van der Waals surface area contributed by atoms with Gasteiger partial charge in [-0.05, 0) is 0 Å². The van der Waals surface area contributed by atoms with Crippen LogP contribution >= 0.6 is 0 Å². The zero-order chi connectivity index (χ0) is 7.28. The molecule has 0 aliphatic carbocycles. The summed E-state index contributed by atoms with van der Waals surface area (Å²) in [6.45, 7) is -0.550. The number of aliphatic hydroxyl groups is 2. The van der Waals surface area contributed by atoms with Crippen molar-refractivity contribution in [3.05, 3.63) is 0 Å². The van der Waals surface area contributed by atoms with E-state index in [1.54, 1.807) is 0 Å². The number of carboxylic acids is 1. The van der Waals surface area contributed by atoms with Crippen LogP contribution in [0.5, 0.6) is 0 Å². The summed E-state index contributed by atoms with van der Waals surface area (Å²) in [6.07, 6.45) is -0.174. The molecule has 0 aliphatic heterocycles. The molecule has 0 aromatic heterocycles. The second kappa shape index (κ2) is 4.29. The molecule has 4 nitrogen and oxygen atoms in total. The van der Waals surface area contributed by atoms with E-state index in [1.807, 2.05) is 0 Å². The average Bonchev–Trinajstić information content (AvgIpc) is 1.82. The van der Waals surface area contributed by atoms with Gasteiger partial charge in [0.2, 0.25) is 0 Å². The number of carbonyl (C=O) groups is 1. The summed E-state index contributed by atoms with van der Waals surface area (Å²) in [5.74, 6) is -1.51. The van der Waals surface area contributed by atoms with E-state index in [-0.39, 0.29) is 19.6 Å². The second-order valence-electron chi connectivity index (χ2n) is 1.83. The van der Waals surface area contributed by atoms with Gasteiger partial charge in [-0.2, -0.15) is 0 Å². The molecule has 0 spiro atoms. The van der Waals surface area contributed by atoms with Crippen LogP contribution in [0.1, 0.15) is 6.42 Å². The Morgan fingerprint density at radius 1 is 1.33 bits per heavy atom. The van der Waals surface area contributed by atoms with E-state index < -0.39 is 11.9 Å². The zero-order valence-electron chi connectivity index (χ0n) is 4.95. The number of rotatable bonds is 4. The standard InChI is InChI=1S/C5H10O4/c6-2-4(3-7)1-5(8)9/h4,6-7H,1-3H2,(H,8,9). The highest BCUT2D eigenvalue weighted by Crippen LogP contribution is 1.98. The lowest BCUT2D eigenvalue weighted by molar-refractivity contribution is -0.138. The predicted molar refractivity (Wildman–Crippen MR) is 29.9 cm³/mol. The Bertz CT molecular complexity index is 87.0. The molecule has 0 saturated carbocycles. The summed E-state index contributed by atoms with van der Waals surface area (Å²) in [5.41, 5.74) is 0. The number of hydrogen-bond donors (Lipinski definition) is 3. The normalized spacial score (nSPS) is 10.1. The third-order valence-corrected chi connectivity index (χ3v) is 0.980. The van der Waals surface area contributed by atoms with Crippen molar-refractivity contribution in [2.75, 3.05) is 13.2 Å². The van der Waals surface area contributed by atoms with Gasteiger partial charge < -0.3 is 15.3 Å². The summed E-state index contributed by atoms with van der Waals surface area (Å²) < 4.78 is 0. The van der Waals surface area contributed by atoms with Crippen molar-refractivity contribution in [3.63, 3.8) is 0 Å². The molecule has 0 aromatic carbocycles. The van der Waals surface area contributed by atoms with E-state index in [1.165, 1.54) is 0 Å². The minimum atomic E-state index is -0.997. The summed E-state index contributed by atoms with van der Waals surface area (Å²) >= 11 is 0. The molecule has 0 rings (SSSR count). The maximum atomic E-state index is 9.91. The van der Waals surface area contributed by atoms with Crippen LogP contribution in [-0.4, -0.2) is 34.5 Å². The Kier molecular flexibility index (Phi) is 4.00. The van der Waals surface area contributed by atoms with Gasteiger partial charge in [0.15, 0.2) is 0 Å². The number of hydrogen-bond acceptors (Lipinski definition) is 3. The third-order valence-electron chi connectivity index (χ3n) is 0.980. The molecule has 3 N–H and O–H groups in total. The molecule has 0 aromatic rings. The van der Waals surface area contributed by atoms with E-state index in [2.05, 4.69) is 0 Å². The predicted octanol–water partition coefficient (Wildman–Crippen LogP) is -0.938. The second-order valence-corrected chi connectivity index (χ2v) is 1.83. The maximum Gasteiger partial charge on any atom is 0.303 e. The molecule has 0 amide bonds. The Morgan fingerprint density at radius 2 is 1.78 bits per heavy atom. The van der Waals surface area contributed by atoms with Gasteiger partial charge in [0.25, 0.3) is 0 Å². The van der Waals surface area contributed by atoms with Crippen molar-refractivity contribution in [2.24, 2.45) is 5.92 Å². The van der Waals surface area contributed by atoms with Gasteiger partial charge in [-0.1, -0.05) is 0 Å². The average molecular weight is 134 g/mol. The van der Waals surface area contributed by atoms with Crippen molar-refractivity contribution in [3.8, 4) is 0 Å². The summed E-state index contributed by atoms with van der Waals surface area (Å²) in [5, 5.41) is 24.8. The fourth-order valence-corrected chi connectivity index (χ4v) is 0.434. The quantitative estimate of drug-likeness (QED) is 0.463. The molecule has 0 aliphatic rings. The fraction of sp³-hybridized carbons (Fsp3) is 0.800. The van der Waals surface area contributed by atoms with Gasteiger partial charge in [0, 0.05) is 19.1 Å². The van der Waals surface area contributed by atoms with Crippen LogP contribution in [0.25, 0.3) is 0 Å². The molecule has 54 valence electrons. The van der Waals surface area contributed by atoms with Crippen LogP contribution in [0.4, 0.5) is 0 Å². The summed E-state index contributed by atoms with van der Waals surface area (Å²) in [6, 6.07) is 0.